The summed E-state index contributed by atoms with van der Waals surface area (Å²) in [5, 5.41) is 2.94. The van der Waals surface area contributed by atoms with Crippen LogP contribution in [0.2, 0.25) is 0 Å². The van der Waals surface area contributed by atoms with Crippen molar-refractivity contribution in [2.24, 2.45) is 13.0 Å². The number of nitrogens with zero attached hydrogens (tertiary/aromatic N) is 2. The van der Waals surface area contributed by atoms with Gasteiger partial charge in [0.1, 0.15) is 0 Å². The lowest BCUT2D eigenvalue weighted by molar-refractivity contribution is -0.117. The van der Waals surface area contributed by atoms with Gasteiger partial charge in [-0.1, -0.05) is 30.3 Å². The Hall–Kier alpha value is -2.86. The molecule has 29 heavy (non-hydrogen) atoms. The molecule has 4 rings (SSSR count). The Bertz CT molecular complexity index is 1030. The Labute approximate surface area is 170 Å². The average molecular weight is 393 g/mol. The quantitative estimate of drug-likeness (QED) is 0.697. The minimum absolute atomic E-state index is 0.0189. The fourth-order valence-corrected chi connectivity index (χ4v) is 4.03. The molecule has 1 fully saturated rings. The van der Waals surface area contributed by atoms with E-state index in [4.69, 9.17) is 4.42 Å². The molecule has 0 saturated carbocycles. The first-order valence-electron chi connectivity index (χ1n) is 10.2. The van der Waals surface area contributed by atoms with Crippen LogP contribution in [0.1, 0.15) is 24.8 Å². The number of amides is 1. The van der Waals surface area contributed by atoms with Gasteiger partial charge in [0.2, 0.25) is 5.91 Å². The van der Waals surface area contributed by atoms with Crippen LogP contribution in [-0.4, -0.2) is 35.0 Å². The minimum atomic E-state index is -0.400. The third kappa shape index (κ3) is 4.77. The summed E-state index contributed by atoms with van der Waals surface area (Å²) in [6.07, 6.45) is 3.71. The van der Waals surface area contributed by atoms with E-state index in [1.54, 1.807) is 25.2 Å². The van der Waals surface area contributed by atoms with Crippen molar-refractivity contribution in [3.63, 3.8) is 0 Å². The van der Waals surface area contributed by atoms with Gasteiger partial charge in [0.05, 0.1) is 5.52 Å². The number of carbonyl (C=O) groups is 1. The SMILES string of the molecule is Cn1c(=O)oc2cc(NC(=O)CC3CCN(CCc4ccccc4)CC3)ccc21. The zero-order valence-corrected chi connectivity index (χ0v) is 16.8. The molecule has 1 aromatic heterocycles. The first kappa shape index (κ1) is 19.5. The fraction of sp³-hybridized carbons (Fsp3) is 0.391. The van der Waals surface area contributed by atoms with Crippen LogP contribution in [0.15, 0.2) is 57.7 Å². The zero-order chi connectivity index (χ0) is 20.2. The number of piperidine rings is 1. The lowest BCUT2D eigenvalue weighted by Crippen LogP contribution is -2.36. The number of nitrogens with one attached hydrogen (secondary N) is 1. The van der Waals surface area contributed by atoms with Crippen LogP contribution in [0.3, 0.4) is 0 Å². The van der Waals surface area contributed by atoms with E-state index in [1.807, 2.05) is 6.07 Å². The molecule has 2 heterocycles. The molecule has 0 spiro atoms. The number of oxazole rings is 1. The summed E-state index contributed by atoms with van der Waals surface area (Å²) in [7, 11) is 1.67. The summed E-state index contributed by atoms with van der Waals surface area (Å²) in [6.45, 7) is 3.17. The summed E-state index contributed by atoms with van der Waals surface area (Å²) < 4.78 is 6.64. The van der Waals surface area contributed by atoms with Crippen molar-refractivity contribution in [1.82, 2.24) is 9.47 Å². The molecule has 0 atom stereocenters. The third-order valence-electron chi connectivity index (χ3n) is 5.82. The summed E-state index contributed by atoms with van der Waals surface area (Å²) in [5.74, 6) is 0.0363. The van der Waals surface area contributed by atoms with Gasteiger partial charge in [-0.25, -0.2) is 4.79 Å². The number of likely N-dealkylation sites (tertiary alicyclic amines) is 1. The van der Waals surface area contributed by atoms with E-state index in [0.29, 0.717) is 23.6 Å². The van der Waals surface area contributed by atoms with Crippen LogP contribution in [0.4, 0.5) is 5.69 Å². The van der Waals surface area contributed by atoms with Gasteiger partial charge in [-0.05, 0) is 56.0 Å². The first-order valence-corrected chi connectivity index (χ1v) is 10.2. The number of aryl methyl sites for hydroxylation is 1. The van der Waals surface area contributed by atoms with Crippen LogP contribution < -0.4 is 11.1 Å². The average Bonchev–Trinajstić information content (AvgIpc) is 3.01. The van der Waals surface area contributed by atoms with E-state index in [9.17, 15) is 9.59 Å². The summed E-state index contributed by atoms with van der Waals surface area (Å²) in [4.78, 5) is 26.5. The van der Waals surface area contributed by atoms with E-state index in [0.717, 1.165) is 44.4 Å². The maximum atomic E-state index is 12.5. The normalized spacial score (nSPS) is 15.6. The Kier molecular flexibility index (Phi) is 5.81. The fourth-order valence-electron chi connectivity index (χ4n) is 4.03. The van der Waals surface area contributed by atoms with Crippen molar-refractivity contribution in [3.05, 3.63) is 64.6 Å². The smallest absolute Gasteiger partial charge is 0.408 e. The van der Waals surface area contributed by atoms with Gasteiger partial charge in [-0.2, -0.15) is 0 Å². The molecule has 0 radical (unpaired) electrons. The van der Waals surface area contributed by atoms with Gasteiger partial charge in [0, 0.05) is 31.8 Å². The van der Waals surface area contributed by atoms with E-state index < -0.39 is 5.76 Å². The second-order valence-electron chi connectivity index (χ2n) is 7.88. The molecule has 2 aromatic carbocycles. The molecule has 1 saturated heterocycles. The Morgan fingerprint density at radius 3 is 2.66 bits per heavy atom. The summed E-state index contributed by atoms with van der Waals surface area (Å²) >= 11 is 0. The van der Waals surface area contributed by atoms with Crippen molar-refractivity contribution < 1.29 is 9.21 Å². The third-order valence-corrected chi connectivity index (χ3v) is 5.82. The molecule has 3 aromatic rings. The van der Waals surface area contributed by atoms with Gasteiger partial charge < -0.3 is 14.6 Å². The molecule has 152 valence electrons. The van der Waals surface area contributed by atoms with Crippen LogP contribution in [0, 0.1) is 5.92 Å². The molecular formula is C23H27N3O3. The van der Waals surface area contributed by atoms with Crippen LogP contribution >= 0.6 is 0 Å². The van der Waals surface area contributed by atoms with Gasteiger partial charge in [-0.15, -0.1) is 0 Å². The minimum Gasteiger partial charge on any atom is -0.408 e. The predicted octanol–water partition coefficient (Wildman–Crippen LogP) is 3.41. The van der Waals surface area contributed by atoms with Gasteiger partial charge in [0.15, 0.2) is 5.58 Å². The number of hydrogen-bond donors (Lipinski definition) is 1. The zero-order valence-electron chi connectivity index (χ0n) is 16.8. The monoisotopic (exact) mass is 393 g/mol. The number of rotatable bonds is 6. The summed E-state index contributed by atoms with van der Waals surface area (Å²) in [6, 6.07) is 15.9. The lowest BCUT2D eigenvalue weighted by atomic mass is 9.93. The van der Waals surface area contributed by atoms with Crippen LogP contribution in [0.25, 0.3) is 11.1 Å². The molecule has 1 amide bonds. The topological polar surface area (TPSA) is 67.5 Å². The molecular weight excluding hydrogens is 366 g/mol. The Morgan fingerprint density at radius 2 is 1.90 bits per heavy atom. The molecule has 6 heteroatoms. The van der Waals surface area contributed by atoms with E-state index in [-0.39, 0.29) is 5.91 Å². The van der Waals surface area contributed by atoms with Crippen molar-refractivity contribution in [2.45, 2.75) is 25.7 Å². The number of fused-ring (bicyclic) bond motifs is 1. The molecule has 0 bridgehead atoms. The van der Waals surface area contributed by atoms with Crippen molar-refractivity contribution in [3.8, 4) is 0 Å². The Morgan fingerprint density at radius 1 is 1.14 bits per heavy atom. The number of anilines is 1. The number of aromatic nitrogens is 1. The maximum Gasteiger partial charge on any atom is 0.419 e. The van der Waals surface area contributed by atoms with Crippen molar-refractivity contribution >= 4 is 22.7 Å². The summed E-state index contributed by atoms with van der Waals surface area (Å²) in [5.41, 5.74) is 3.25. The molecule has 1 aliphatic rings. The predicted molar refractivity (Wildman–Crippen MR) is 114 cm³/mol. The highest BCUT2D eigenvalue weighted by Crippen LogP contribution is 2.23. The van der Waals surface area contributed by atoms with Gasteiger partial charge in [-0.3, -0.25) is 9.36 Å². The van der Waals surface area contributed by atoms with E-state index in [1.165, 1.54) is 10.1 Å². The maximum absolute atomic E-state index is 12.5. The van der Waals surface area contributed by atoms with Crippen LogP contribution in [-0.2, 0) is 18.3 Å². The number of benzene rings is 2. The highest BCUT2D eigenvalue weighted by molar-refractivity contribution is 5.92. The van der Waals surface area contributed by atoms with Gasteiger partial charge in [0.25, 0.3) is 0 Å². The van der Waals surface area contributed by atoms with E-state index >= 15 is 0 Å². The molecule has 6 nitrogen and oxygen atoms in total. The highest BCUT2D eigenvalue weighted by Gasteiger charge is 2.21. The number of hydrogen-bond acceptors (Lipinski definition) is 4. The lowest BCUT2D eigenvalue weighted by Gasteiger charge is -2.31. The molecule has 0 aliphatic carbocycles. The second kappa shape index (κ2) is 8.66. The van der Waals surface area contributed by atoms with Crippen LogP contribution in [0.5, 0.6) is 0 Å². The largest absolute Gasteiger partial charge is 0.419 e. The standard InChI is InChI=1S/C23H27N3O3/c1-25-20-8-7-19(16-21(20)29-23(25)28)24-22(27)15-18-10-13-26(14-11-18)12-9-17-5-3-2-4-6-17/h2-8,16,18H,9-15H2,1H3,(H,24,27). The Balaban J connectivity index is 1.24. The second-order valence-corrected chi connectivity index (χ2v) is 7.88. The number of carbonyl (C=O) groups excluding carboxylic acids is 1. The van der Waals surface area contributed by atoms with E-state index in [2.05, 4.69) is 34.5 Å². The van der Waals surface area contributed by atoms with Gasteiger partial charge >= 0.3 is 5.76 Å². The highest BCUT2D eigenvalue weighted by atomic mass is 16.4. The molecule has 0 unspecified atom stereocenters. The van der Waals surface area contributed by atoms with Crippen molar-refractivity contribution in [1.29, 1.82) is 0 Å². The van der Waals surface area contributed by atoms with Crippen molar-refractivity contribution in [2.75, 3.05) is 25.0 Å². The first-order chi connectivity index (χ1) is 14.1. The molecule has 1 aliphatic heterocycles. The molecule has 1 N–H and O–H groups in total.